The molecular weight excluding hydrogens is 625 g/mol. The summed E-state index contributed by atoms with van der Waals surface area (Å²) in [6, 6.07) is 41.0. The maximum Gasteiger partial charge on any atom is 0.272 e. The molecule has 6 aromatic rings. The standard InChI is InChI=1S/C38H30N4O3S2/c1-25-16-18-26(19-17-25)24-32(40-35(43)28-12-6-3-7-13-28)36(44)39-29-20-22-30(23-21-29)46-34(27-10-4-2-5-11-27)37(45)42-38-41-31-14-8-9-15-33(31)47-38/h2-24,34H,1H3,(H,39,44)(H,40,43)(H,41,42,45)/b32-24-. The van der Waals surface area contributed by atoms with Crippen LogP contribution in [0.5, 0.6) is 0 Å². The van der Waals surface area contributed by atoms with Gasteiger partial charge < -0.3 is 16.0 Å². The van der Waals surface area contributed by atoms with Crippen LogP contribution in [0.25, 0.3) is 16.3 Å². The van der Waals surface area contributed by atoms with Crippen molar-refractivity contribution in [2.75, 3.05) is 10.6 Å². The van der Waals surface area contributed by atoms with Gasteiger partial charge in [-0.1, -0.05) is 102 Å². The number of nitrogens with one attached hydrogen (secondary N) is 3. The molecule has 7 nitrogen and oxygen atoms in total. The summed E-state index contributed by atoms with van der Waals surface area (Å²) in [5.41, 5.74) is 4.64. The lowest BCUT2D eigenvalue weighted by atomic mass is 10.1. The predicted octanol–water partition coefficient (Wildman–Crippen LogP) is 8.49. The minimum absolute atomic E-state index is 0.108. The maximum atomic E-state index is 13.6. The van der Waals surface area contributed by atoms with E-state index in [-0.39, 0.29) is 17.5 Å². The largest absolute Gasteiger partial charge is 0.321 e. The first kappa shape index (κ1) is 31.5. The summed E-state index contributed by atoms with van der Waals surface area (Å²) >= 11 is 2.84. The number of fused-ring (bicyclic) bond motifs is 1. The van der Waals surface area contributed by atoms with Gasteiger partial charge >= 0.3 is 0 Å². The van der Waals surface area contributed by atoms with E-state index in [1.165, 1.54) is 23.1 Å². The second-order valence-corrected chi connectivity index (χ2v) is 12.9. The molecule has 0 saturated heterocycles. The van der Waals surface area contributed by atoms with Crippen molar-refractivity contribution in [2.45, 2.75) is 17.1 Å². The molecule has 0 aliphatic carbocycles. The molecule has 0 saturated carbocycles. The smallest absolute Gasteiger partial charge is 0.272 e. The molecule has 3 N–H and O–H groups in total. The lowest BCUT2D eigenvalue weighted by Gasteiger charge is -2.16. The molecule has 47 heavy (non-hydrogen) atoms. The first-order chi connectivity index (χ1) is 22.9. The summed E-state index contributed by atoms with van der Waals surface area (Å²) in [5.74, 6) is -1.03. The van der Waals surface area contributed by atoms with Crippen LogP contribution in [0.1, 0.15) is 32.3 Å². The molecule has 0 aliphatic heterocycles. The number of aryl methyl sites for hydroxylation is 1. The Balaban J connectivity index is 1.18. The molecule has 3 amide bonds. The number of anilines is 2. The Kier molecular flexibility index (Phi) is 9.86. The summed E-state index contributed by atoms with van der Waals surface area (Å²) < 4.78 is 1.00. The fourth-order valence-electron chi connectivity index (χ4n) is 4.72. The van der Waals surface area contributed by atoms with Crippen molar-refractivity contribution in [1.82, 2.24) is 10.3 Å². The Labute approximate surface area is 280 Å². The minimum atomic E-state index is -0.541. The van der Waals surface area contributed by atoms with Gasteiger partial charge in [-0.25, -0.2) is 4.98 Å². The number of rotatable bonds is 10. The van der Waals surface area contributed by atoms with E-state index < -0.39 is 11.2 Å². The van der Waals surface area contributed by atoms with Crippen LogP contribution < -0.4 is 16.0 Å². The third kappa shape index (κ3) is 8.21. The number of thioether (sulfide) groups is 1. The van der Waals surface area contributed by atoms with Crippen LogP contribution in [0.3, 0.4) is 0 Å². The number of nitrogens with zero attached hydrogens (tertiary/aromatic N) is 1. The zero-order valence-electron chi connectivity index (χ0n) is 25.3. The van der Waals surface area contributed by atoms with Crippen molar-refractivity contribution in [3.8, 4) is 0 Å². The van der Waals surface area contributed by atoms with Crippen LogP contribution >= 0.6 is 23.1 Å². The van der Waals surface area contributed by atoms with Crippen LogP contribution in [0.4, 0.5) is 10.8 Å². The van der Waals surface area contributed by atoms with E-state index in [0.717, 1.165) is 31.8 Å². The lowest BCUT2D eigenvalue weighted by molar-refractivity contribution is -0.116. The Morgan fingerprint density at radius 3 is 2.11 bits per heavy atom. The third-order valence-corrected chi connectivity index (χ3v) is 9.37. The molecule has 5 aromatic carbocycles. The molecule has 0 bridgehead atoms. The number of para-hydroxylation sites is 1. The number of carbonyl (C=O) groups is 3. The SMILES string of the molecule is Cc1ccc(/C=C(\NC(=O)c2ccccc2)C(=O)Nc2ccc(SC(C(=O)Nc3nc4ccccc4s3)c3ccccc3)cc2)cc1. The van der Waals surface area contributed by atoms with E-state index in [1.807, 2.05) is 104 Å². The van der Waals surface area contributed by atoms with Gasteiger partial charge in [-0.05, 0) is 72.7 Å². The van der Waals surface area contributed by atoms with Crippen molar-refractivity contribution in [3.63, 3.8) is 0 Å². The topological polar surface area (TPSA) is 100 Å². The third-order valence-electron chi connectivity index (χ3n) is 7.15. The second kappa shape index (κ2) is 14.7. The number of hydrogen-bond acceptors (Lipinski definition) is 6. The highest BCUT2D eigenvalue weighted by molar-refractivity contribution is 8.00. The number of carbonyl (C=O) groups excluding carboxylic acids is 3. The molecular formula is C38H30N4O3S2. The van der Waals surface area contributed by atoms with Crippen molar-refractivity contribution >= 4 is 67.9 Å². The van der Waals surface area contributed by atoms with E-state index in [0.29, 0.717) is 16.4 Å². The van der Waals surface area contributed by atoms with Gasteiger partial charge in [0, 0.05) is 16.1 Å². The molecule has 0 aliphatic rings. The van der Waals surface area contributed by atoms with Crippen LogP contribution in [-0.4, -0.2) is 22.7 Å². The number of amides is 3. The average Bonchev–Trinajstić information content (AvgIpc) is 3.51. The van der Waals surface area contributed by atoms with Crippen LogP contribution in [0.15, 0.2) is 144 Å². The molecule has 0 fully saturated rings. The van der Waals surface area contributed by atoms with Gasteiger partial charge in [0.2, 0.25) is 5.91 Å². The molecule has 1 heterocycles. The van der Waals surface area contributed by atoms with Gasteiger partial charge in [0.05, 0.1) is 10.2 Å². The van der Waals surface area contributed by atoms with Gasteiger partial charge in [0.25, 0.3) is 11.8 Å². The van der Waals surface area contributed by atoms with Crippen LogP contribution in [-0.2, 0) is 9.59 Å². The van der Waals surface area contributed by atoms with Gasteiger partial charge in [0.15, 0.2) is 5.13 Å². The Hall–Kier alpha value is -5.51. The number of aromatic nitrogens is 1. The lowest BCUT2D eigenvalue weighted by Crippen LogP contribution is -2.30. The monoisotopic (exact) mass is 654 g/mol. The van der Waals surface area contributed by atoms with E-state index in [9.17, 15) is 14.4 Å². The van der Waals surface area contributed by atoms with Crippen molar-refractivity contribution in [1.29, 1.82) is 0 Å². The fourth-order valence-corrected chi connectivity index (χ4v) is 6.61. The fraction of sp³-hybridized carbons (Fsp3) is 0.0526. The number of thiazole rings is 1. The first-order valence-electron chi connectivity index (χ1n) is 14.9. The zero-order chi connectivity index (χ0) is 32.6. The van der Waals surface area contributed by atoms with E-state index in [1.54, 1.807) is 42.5 Å². The summed E-state index contributed by atoms with van der Waals surface area (Å²) in [6.45, 7) is 1.98. The minimum Gasteiger partial charge on any atom is -0.321 e. The zero-order valence-corrected chi connectivity index (χ0v) is 27.0. The molecule has 0 radical (unpaired) electrons. The second-order valence-electron chi connectivity index (χ2n) is 10.7. The summed E-state index contributed by atoms with van der Waals surface area (Å²) in [5, 5.41) is 8.67. The summed E-state index contributed by atoms with van der Waals surface area (Å²) in [6.07, 6.45) is 1.65. The Bertz CT molecular complexity index is 2010. The van der Waals surface area contributed by atoms with Gasteiger partial charge in [0.1, 0.15) is 10.9 Å². The van der Waals surface area contributed by atoms with E-state index >= 15 is 0 Å². The van der Waals surface area contributed by atoms with E-state index in [4.69, 9.17) is 0 Å². The maximum absolute atomic E-state index is 13.6. The average molecular weight is 655 g/mol. The van der Waals surface area contributed by atoms with Gasteiger partial charge in [-0.3, -0.25) is 14.4 Å². The van der Waals surface area contributed by atoms with E-state index in [2.05, 4.69) is 20.9 Å². The first-order valence-corrected chi connectivity index (χ1v) is 16.5. The normalized spacial score (nSPS) is 11.9. The Morgan fingerprint density at radius 1 is 0.745 bits per heavy atom. The molecule has 0 spiro atoms. The molecule has 9 heteroatoms. The van der Waals surface area contributed by atoms with Crippen molar-refractivity contribution < 1.29 is 14.4 Å². The Morgan fingerprint density at radius 2 is 1.40 bits per heavy atom. The number of hydrogen-bond donors (Lipinski definition) is 3. The van der Waals surface area contributed by atoms with Crippen LogP contribution in [0.2, 0.25) is 0 Å². The van der Waals surface area contributed by atoms with Gasteiger partial charge in [-0.15, -0.1) is 11.8 Å². The van der Waals surface area contributed by atoms with Crippen LogP contribution in [0, 0.1) is 6.92 Å². The summed E-state index contributed by atoms with van der Waals surface area (Å²) in [7, 11) is 0. The quantitative estimate of drug-likeness (QED) is 0.102. The van der Waals surface area contributed by atoms with Crippen molar-refractivity contribution in [2.24, 2.45) is 0 Å². The molecule has 6 rings (SSSR count). The summed E-state index contributed by atoms with van der Waals surface area (Å²) in [4.78, 5) is 45.4. The molecule has 1 atom stereocenters. The molecule has 1 aromatic heterocycles. The van der Waals surface area contributed by atoms with Gasteiger partial charge in [-0.2, -0.15) is 0 Å². The predicted molar refractivity (Wildman–Crippen MR) is 191 cm³/mol. The molecule has 1 unspecified atom stereocenters. The highest BCUT2D eigenvalue weighted by Crippen LogP contribution is 2.37. The highest BCUT2D eigenvalue weighted by Gasteiger charge is 2.23. The highest BCUT2D eigenvalue weighted by atomic mass is 32.2. The molecule has 232 valence electrons. The van der Waals surface area contributed by atoms with Crippen molar-refractivity contribution in [3.05, 3.63) is 161 Å². The number of benzene rings is 5.